The second-order valence-corrected chi connectivity index (χ2v) is 9.03. The van der Waals surface area contributed by atoms with Crippen molar-refractivity contribution >= 4 is 11.4 Å². The summed E-state index contributed by atoms with van der Waals surface area (Å²) in [7, 11) is 0. The summed E-state index contributed by atoms with van der Waals surface area (Å²) in [5.74, 6) is 0.695. The van der Waals surface area contributed by atoms with Gasteiger partial charge in [-0.2, -0.15) is 0 Å². The molecule has 2 atom stereocenters. The second-order valence-electron chi connectivity index (χ2n) is 9.03. The molecule has 0 aromatic heterocycles. The smallest absolute Gasteiger partial charge is 0.0449 e. The Morgan fingerprint density at radius 3 is 1.94 bits per heavy atom. The fraction of sp³-hybridized carbons (Fsp3) is 0.200. The normalized spacial score (nSPS) is 19.3. The van der Waals surface area contributed by atoms with Crippen LogP contribution in [0.3, 0.4) is 0 Å². The zero-order chi connectivity index (χ0) is 20.8. The molecule has 1 aliphatic carbocycles. The van der Waals surface area contributed by atoms with Crippen molar-refractivity contribution in [1.29, 1.82) is 0 Å². The highest BCUT2D eigenvalue weighted by Crippen LogP contribution is 2.52. The number of anilines is 2. The molecular formula is C30H27N. The molecule has 0 radical (unpaired) electrons. The Hall–Kier alpha value is -3.32. The van der Waals surface area contributed by atoms with Gasteiger partial charge in [-0.15, -0.1) is 0 Å². The third-order valence-electron chi connectivity index (χ3n) is 7.12. The maximum atomic E-state index is 2.61. The maximum absolute atomic E-state index is 2.61. The van der Waals surface area contributed by atoms with E-state index < -0.39 is 0 Å². The zero-order valence-corrected chi connectivity index (χ0v) is 18.0. The van der Waals surface area contributed by atoms with Crippen LogP contribution in [-0.4, -0.2) is 6.04 Å². The molecule has 0 amide bonds. The van der Waals surface area contributed by atoms with Gasteiger partial charge in [-0.1, -0.05) is 90.8 Å². The van der Waals surface area contributed by atoms with Crippen molar-refractivity contribution in [3.63, 3.8) is 0 Å². The third kappa shape index (κ3) is 3.16. The van der Waals surface area contributed by atoms with Crippen molar-refractivity contribution in [3.8, 4) is 22.3 Å². The average Bonchev–Trinajstić information content (AvgIpc) is 3.41. The van der Waals surface area contributed by atoms with E-state index in [0.717, 1.165) is 0 Å². The summed E-state index contributed by atoms with van der Waals surface area (Å²) >= 11 is 0. The Balaban J connectivity index is 1.30. The van der Waals surface area contributed by atoms with Crippen LogP contribution < -0.4 is 4.90 Å². The number of aryl methyl sites for hydroxylation is 1. The van der Waals surface area contributed by atoms with Crippen LogP contribution in [-0.2, 0) is 0 Å². The largest absolute Gasteiger partial charge is 0.338 e. The molecule has 2 aliphatic rings. The summed E-state index contributed by atoms with van der Waals surface area (Å²) < 4.78 is 0. The Labute approximate surface area is 185 Å². The van der Waals surface area contributed by atoms with E-state index >= 15 is 0 Å². The number of fused-ring (bicyclic) bond motifs is 3. The monoisotopic (exact) mass is 401 g/mol. The van der Waals surface area contributed by atoms with Gasteiger partial charge in [0.15, 0.2) is 0 Å². The molecule has 1 saturated carbocycles. The van der Waals surface area contributed by atoms with Gasteiger partial charge < -0.3 is 4.90 Å². The number of hydrogen-bond donors (Lipinski definition) is 0. The molecule has 152 valence electrons. The summed E-state index contributed by atoms with van der Waals surface area (Å²) in [6.45, 7) is 2.21. The van der Waals surface area contributed by atoms with Gasteiger partial charge >= 0.3 is 0 Å². The lowest BCUT2D eigenvalue weighted by atomic mass is 9.96. The quantitative estimate of drug-likeness (QED) is 0.335. The summed E-state index contributed by atoms with van der Waals surface area (Å²) in [5, 5.41) is 0. The SMILES string of the molecule is Cc1ccc2c(c1)C1CCCC1N2c1ccc(-c2ccc(-c3ccccc3)cc2)cc1. The highest BCUT2D eigenvalue weighted by Gasteiger charge is 2.41. The molecule has 0 N–H and O–H groups in total. The highest BCUT2D eigenvalue weighted by molar-refractivity contribution is 5.76. The van der Waals surface area contributed by atoms with Crippen molar-refractivity contribution in [2.24, 2.45) is 0 Å². The van der Waals surface area contributed by atoms with Crippen molar-refractivity contribution in [1.82, 2.24) is 0 Å². The molecular weight excluding hydrogens is 374 g/mol. The molecule has 0 spiro atoms. The first kappa shape index (κ1) is 18.4. The number of hydrogen-bond acceptors (Lipinski definition) is 1. The molecule has 4 aromatic rings. The van der Waals surface area contributed by atoms with Gasteiger partial charge in [0, 0.05) is 23.3 Å². The minimum absolute atomic E-state index is 0.618. The van der Waals surface area contributed by atoms with Crippen LogP contribution in [0.15, 0.2) is 97.1 Å². The predicted octanol–water partition coefficient (Wildman–Crippen LogP) is 8.12. The average molecular weight is 402 g/mol. The topological polar surface area (TPSA) is 3.24 Å². The van der Waals surface area contributed by atoms with Crippen LogP contribution in [0.1, 0.15) is 36.3 Å². The van der Waals surface area contributed by atoms with E-state index in [-0.39, 0.29) is 0 Å². The van der Waals surface area contributed by atoms with Crippen molar-refractivity contribution in [2.45, 2.75) is 38.1 Å². The Morgan fingerprint density at radius 1 is 0.645 bits per heavy atom. The van der Waals surface area contributed by atoms with Gasteiger partial charge in [0.25, 0.3) is 0 Å². The Morgan fingerprint density at radius 2 is 1.26 bits per heavy atom. The minimum atomic E-state index is 0.618. The van der Waals surface area contributed by atoms with Crippen LogP contribution in [0.2, 0.25) is 0 Å². The molecule has 1 heterocycles. The van der Waals surface area contributed by atoms with Crippen molar-refractivity contribution < 1.29 is 0 Å². The Kier molecular flexibility index (Phi) is 4.42. The number of benzene rings is 4. The fourth-order valence-corrected chi connectivity index (χ4v) is 5.61. The molecule has 2 unspecified atom stereocenters. The molecule has 6 rings (SSSR count). The van der Waals surface area contributed by atoms with Crippen LogP contribution in [0.4, 0.5) is 11.4 Å². The number of nitrogens with zero attached hydrogens (tertiary/aromatic N) is 1. The lowest BCUT2D eigenvalue weighted by molar-refractivity contribution is 0.641. The summed E-state index contributed by atoms with van der Waals surface area (Å²) in [6, 6.07) is 36.3. The molecule has 1 aliphatic heterocycles. The lowest BCUT2D eigenvalue weighted by Crippen LogP contribution is -2.26. The lowest BCUT2D eigenvalue weighted by Gasteiger charge is -2.27. The van der Waals surface area contributed by atoms with E-state index in [4.69, 9.17) is 0 Å². The molecule has 4 aromatic carbocycles. The first-order valence-corrected chi connectivity index (χ1v) is 11.4. The predicted molar refractivity (Wildman–Crippen MR) is 131 cm³/mol. The van der Waals surface area contributed by atoms with Crippen LogP contribution in [0, 0.1) is 6.92 Å². The van der Waals surface area contributed by atoms with Crippen LogP contribution in [0.25, 0.3) is 22.3 Å². The fourth-order valence-electron chi connectivity index (χ4n) is 5.61. The van der Waals surface area contributed by atoms with Gasteiger partial charge in [0.1, 0.15) is 0 Å². The second kappa shape index (κ2) is 7.42. The van der Waals surface area contributed by atoms with Gasteiger partial charge in [0.05, 0.1) is 0 Å². The molecule has 31 heavy (non-hydrogen) atoms. The van der Waals surface area contributed by atoms with E-state index in [1.165, 1.54) is 58.5 Å². The van der Waals surface area contributed by atoms with Crippen molar-refractivity contribution in [2.75, 3.05) is 4.90 Å². The maximum Gasteiger partial charge on any atom is 0.0449 e. The minimum Gasteiger partial charge on any atom is -0.338 e. The number of rotatable bonds is 3. The molecule has 1 fully saturated rings. The molecule has 1 heteroatoms. The van der Waals surface area contributed by atoms with Gasteiger partial charge in [0.2, 0.25) is 0 Å². The molecule has 0 bridgehead atoms. The van der Waals surface area contributed by atoms with E-state index in [0.29, 0.717) is 12.0 Å². The summed E-state index contributed by atoms with van der Waals surface area (Å²) in [6.07, 6.45) is 3.95. The molecule has 1 nitrogen and oxygen atoms in total. The van der Waals surface area contributed by atoms with E-state index in [9.17, 15) is 0 Å². The van der Waals surface area contributed by atoms with E-state index in [1.807, 2.05) is 0 Å². The van der Waals surface area contributed by atoms with Gasteiger partial charge in [-0.25, -0.2) is 0 Å². The first-order valence-electron chi connectivity index (χ1n) is 11.4. The van der Waals surface area contributed by atoms with Crippen LogP contribution in [0.5, 0.6) is 0 Å². The summed E-state index contributed by atoms with van der Waals surface area (Å²) in [4.78, 5) is 2.61. The zero-order valence-electron chi connectivity index (χ0n) is 18.0. The van der Waals surface area contributed by atoms with Crippen LogP contribution >= 0.6 is 0 Å². The third-order valence-corrected chi connectivity index (χ3v) is 7.12. The Bertz CT molecular complexity index is 1210. The molecule has 0 saturated heterocycles. The standard InChI is InChI=1S/C30H27N/c1-21-10-19-30-28(20-21)27-8-5-9-29(27)31(30)26-17-15-25(16-18-26)24-13-11-23(12-14-24)22-6-3-2-4-7-22/h2-4,6-7,10-20,27,29H,5,8-9H2,1H3. The highest BCUT2D eigenvalue weighted by atomic mass is 15.2. The first-order chi connectivity index (χ1) is 15.3. The summed E-state index contributed by atoms with van der Waals surface area (Å²) in [5.41, 5.74) is 10.7. The van der Waals surface area contributed by atoms with Crippen molar-refractivity contribution in [3.05, 3.63) is 108 Å². The van der Waals surface area contributed by atoms with E-state index in [2.05, 4.69) is 109 Å². The van der Waals surface area contributed by atoms with E-state index in [1.54, 1.807) is 5.56 Å². The van der Waals surface area contributed by atoms with Gasteiger partial charge in [-0.3, -0.25) is 0 Å². The van der Waals surface area contributed by atoms with Gasteiger partial charge in [-0.05, 0) is 65.8 Å².